The van der Waals surface area contributed by atoms with Gasteiger partial charge in [-0.05, 0) is 85.8 Å². The fraction of sp³-hybridized carbons (Fsp3) is 0.556. The van der Waals surface area contributed by atoms with Crippen molar-refractivity contribution in [3.63, 3.8) is 0 Å². The summed E-state index contributed by atoms with van der Waals surface area (Å²) in [5, 5.41) is 8.63. The number of benzene rings is 2. The molecule has 0 bridgehead atoms. The molecule has 2 aliphatic heterocycles. The Morgan fingerprint density at radius 3 is 1.24 bits per heavy atom. The van der Waals surface area contributed by atoms with Crippen LogP contribution in [0, 0.1) is 11.6 Å². The van der Waals surface area contributed by atoms with Gasteiger partial charge in [0.05, 0.1) is 12.1 Å². The second kappa shape index (κ2) is 15.3. The highest BCUT2D eigenvalue weighted by Crippen LogP contribution is 2.45. The molecule has 4 aliphatic rings. The van der Waals surface area contributed by atoms with E-state index < -0.39 is 12.3 Å². The number of nitrogens with two attached hydrogens (primary N) is 2. The Morgan fingerprint density at radius 1 is 0.520 bits per heavy atom. The van der Waals surface area contributed by atoms with Crippen LogP contribution in [-0.2, 0) is 0 Å². The van der Waals surface area contributed by atoms with E-state index in [1.54, 1.807) is 12.7 Å². The highest BCUT2D eigenvalue weighted by Gasteiger charge is 2.44. The van der Waals surface area contributed by atoms with Crippen LogP contribution >= 0.6 is 0 Å². The Morgan fingerprint density at radius 2 is 0.900 bits per heavy atom. The van der Waals surface area contributed by atoms with E-state index in [9.17, 15) is 17.6 Å². The van der Waals surface area contributed by atoms with Gasteiger partial charge in [-0.3, -0.25) is 9.80 Å². The van der Waals surface area contributed by atoms with Crippen molar-refractivity contribution in [2.24, 2.45) is 11.5 Å². The number of aromatic nitrogens is 6. The number of hydrogen-bond acceptors (Lipinski definition) is 8. The topological polar surface area (TPSA) is 120 Å². The van der Waals surface area contributed by atoms with Gasteiger partial charge in [0.25, 0.3) is 0 Å². The number of hydrogen-bond donors (Lipinski definition) is 2. The van der Waals surface area contributed by atoms with Crippen LogP contribution in [0.4, 0.5) is 17.6 Å². The lowest BCUT2D eigenvalue weighted by Gasteiger charge is -2.39. The molecule has 50 heavy (non-hydrogen) atoms. The zero-order valence-electron chi connectivity index (χ0n) is 28.0. The van der Waals surface area contributed by atoms with Crippen LogP contribution in [0.3, 0.4) is 0 Å². The molecule has 2 aliphatic carbocycles. The van der Waals surface area contributed by atoms with Crippen molar-refractivity contribution in [2.45, 2.75) is 99.0 Å². The third-order valence-electron chi connectivity index (χ3n) is 11.1. The van der Waals surface area contributed by atoms with Crippen molar-refractivity contribution in [3.05, 3.63) is 96.6 Å². The molecule has 4 fully saturated rings. The molecule has 4 N–H and O–H groups in total. The number of rotatable bonds is 6. The third-order valence-corrected chi connectivity index (χ3v) is 11.1. The first kappa shape index (κ1) is 34.7. The molecule has 10 nitrogen and oxygen atoms in total. The quantitative estimate of drug-likeness (QED) is 0.283. The molecular formula is C36H46F4N10. The summed E-state index contributed by atoms with van der Waals surface area (Å²) in [6.07, 6.45) is 9.12. The number of halogens is 4. The molecule has 268 valence electrons. The molecule has 2 aromatic carbocycles. The van der Waals surface area contributed by atoms with Crippen molar-refractivity contribution >= 4 is 0 Å². The molecule has 6 unspecified atom stereocenters. The number of alkyl halides is 2. The van der Waals surface area contributed by atoms with E-state index in [-0.39, 0.29) is 59.7 Å². The molecule has 4 heterocycles. The van der Waals surface area contributed by atoms with E-state index in [2.05, 4.69) is 30.0 Å². The fourth-order valence-electron chi connectivity index (χ4n) is 8.89. The summed E-state index contributed by atoms with van der Waals surface area (Å²) in [5.41, 5.74) is 14.3. The monoisotopic (exact) mass is 694 g/mol. The highest BCUT2D eigenvalue weighted by atomic mass is 19.1. The van der Waals surface area contributed by atoms with Crippen LogP contribution in [0.1, 0.15) is 73.6 Å². The number of nitrogens with zero attached hydrogens (tertiary/aromatic N) is 8. The maximum Gasteiger partial charge on any atom is 0.137 e. The molecule has 2 saturated heterocycles. The van der Waals surface area contributed by atoms with Gasteiger partial charge >= 0.3 is 0 Å². The molecule has 2 aromatic heterocycles. The summed E-state index contributed by atoms with van der Waals surface area (Å²) < 4.78 is 58.4. The molecule has 0 spiro atoms. The van der Waals surface area contributed by atoms with Crippen molar-refractivity contribution in [2.75, 3.05) is 26.2 Å². The zero-order valence-corrected chi connectivity index (χ0v) is 28.0. The van der Waals surface area contributed by atoms with Crippen LogP contribution in [0.15, 0.2) is 73.8 Å². The minimum absolute atomic E-state index is 0.120. The van der Waals surface area contributed by atoms with E-state index in [0.29, 0.717) is 39.0 Å². The van der Waals surface area contributed by atoms with Crippen molar-refractivity contribution in [1.82, 2.24) is 39.3 Å². The Bertz CT molecular complexity index is 1480. The van der Waals surface area contributed by atoms with Crippen LogP contribution < -0.4 is 11.5 Å². The summed E-state index contributed by atoms with van der Waals surface area (Å²) in [5.74, 6) is 0.119. The van der Waals surface area contributed by atoms with Gasteiger partial charge in [0.1, 0.15) is 49.3 Å². The largest absolute Gasteiger partial charge is 0.326 e. The average Bonchev–Trinajstić information content (AvgIpc) is 3.92. The molecule has 14 heteroatoms. The Labute approximate surface area is 289 Å². The van der Waals surface area contributed by atoms with Gasteiger partial charge in [0.15, 0.2) is 0 Å². The van der Waals surface area contributed by atoms with Crippen molar-refractivity contribution in [3.8, 4) is 0 Å². The summed E-state index contributed by atoms with van der Waals surface area (Å²) in [6.45, 7) is 2.23. The normalized spacial score (nSPS) is 33.6. The van der Waals surface area contributed by atoms with Crippen LogP contribution in [0.5, 0.6) is 0 Å². The van der Waals surface area contributed by atoms with E-state index in [1.165, 1.54) is 36.9 Å². The zero-order chi connectivity index (χ0) is 34.8. The Hall–Kier alpha value is -3.72. The van der Waals surface area contributed by atoms with Gasteiger partial charge in [-0.15, -0.1) is 0 Å². The summed E-state index contributed by atoms with van der Waals surface area (Å²) >= 11 is 0. The SMILES string of the molecule is NC1CC(F)CN([C@@H]2CC(c3ccc(F)cc3)C[C@@H]2n2cncn2)C1.NC1CC(F)CN([C@@H]2CC(c3ccc(F)cc3)C[C@H]2n2cncn2)C1. The Kier molecular flexibility index (Phi) is 10.6. The maximum absolute atomic E-state index is 14.1. The standard InChI is InChI=1S/2C18H23F2N5/c2*19-14-3-1-12(2-4-14)13-5-17(18(6-13)25-11-22-10-23-25)24-8-15(20)7-16(21)9-24/h2*1-4,10-11,13,15-18H,5-9,21H2/t13?,15?,16?,17-,18+;13?,15?,16?,17-,18-/m11/s1. The highest BCUT2D eigenvalue weighted by molar-refractivity contribution is 5.24. The van der Waals surface area contributed by atoms with Gasteiger partial charge in [-0.1, -0.05) is 24.3 Å². The van der Waals surface area contributed by atoms with Crippen molar-refractivity contribution in [1.29, 1.82) is 0 Å². The lowest BCUT2D eigenvalue weighted by atomic mass is 9.96. The van der Waals surface area contributed by atoms with E-state index >= 15 is 0 Å². The third kappa shape index (κ3) is 7.93. The molecule has 2 saturated carbocycles. The Balaban J connectivity index is 0.000000157. The van der Waals surface area contributed by atoms with E-state index in [1.807, 2.05) is 33.6 Å². The van der Waals surface area contributed by atoms with Gasteiger partial charge in [-0.2, -0.15) is 10.2 Å². The first-order valence-electron chi connectivity index (χ1n) is 17.7. The summed E-state index contributed by atoms with van der Waals surface area (Å²) in [6, 6.07) is 13.7. The van der Waals surface area contributed by atoms with E-state index in [4.69, 9.17) is 11.5 Å². The molecule has 8 rings (SSSR count). The smallest absolute Gasteiger partial charge is 0.137 e. The van der Waals surface area contributed by atoms with Gasteiger partial charge in [0, 0.05) is 50.3 Å². The summed E-state index contributed by atoms with van der Waals surface area (Å²) in [7, 11) is 0. The first-order chi connectivity index (χ1) is 24.2. The minimum atomic E-state index is -0.884. The molecule has 0 radical (unpaired) electrons. The number of likely N-dealkylation sites (tertiary alicyclic amines) is 2. The molecule has 0 amide bonds. The van der Waals surface area contributed by atoms with Gasteiger partial charge in [0.2, 0.25) is 0 Å². The van der Waals surface area contributed by atoms with Crippen LogP contribution in [-0.4, -0.2) is 102 Å². The van der Waals surface area contributed by atoms with Gasteiger partial charge < -0.3 is 11.5 Å². The lowest BCUT2D eigenvalue weighted by molar-refractivity contribution is 0.0689. The minimum Gasteiger partial charge on any atom is -0.326 e. The van der Waals surface area contributed by atoms with Crippen LogP contribution in [0.25, 0.3) is 0 Å². The maximum atomic E-state index is 14.1. The summed E-state index contributed by atoms with van der Waals surface area (Å²) in [4.78, 5) is 12.5. The molecular weight excluding hydrogens is 648 g/mol. The van der Waals surface area contributed by atoms with E-state index in [0.717, 1.165) is 36.8 Å². The molecule has 4 aromatic rings. The average molecular weight is 695 g/mol. The second-order valence-corrected chi connectivity index (χ2v) is 14.6. The first-order valence-corrected chi connectivity index (χ1v) is 17.7. The molecule has 10 atom stereocenters. The van der Waals surface area contributed by atoms with Crippen LogP contribution in [0.2, 0.25) is 0 Å². The fourth-order valence-corrected chi connectivity index (χ4v) is 8.89. The number of piperidine rings is 2. The second-order valence-electron chi connectivity index (χ2n) is 14.6. The van der Waals surface area contributed by atoms with Crippen molar-refractivity contribution < 1.29 is 17.6 Å². The van der Waals surface area contributed by atoms with Gasteiger partial charge in [-0.25, -0.2) is 36.9 Å². The predicted octanol–water partition coefficient (Wildman–Crippen LogP) is 4.55. The lowest BCUT2D eigenvalue weighted by Crippen LogP contribution is -2.53. The predicted molar refractivity (Wildman–Crippen MR) is 181 cm³/mol.